The van der Waals surface area contributed by atoms with Gasteiger partial charge in [0.2, 0.25) is 5.91 Å². The highest BCUT2D eigenvalue weighted by Crippen LogP contribution is 2.38. The molecule has 2 aliphatic rings. The molecule has 39 heavy (non-hydrogen) atoms. The zero-order valence-electron chi connectivity index (χ0n) is 22.1. The molecule has 1 saturated heterocycles. The maximum Gasteiger partial charge on any atom is 0.416 e. The fraction of sp³-hybridized carbons (Fsp3) is 0.577. The Morgan fingerprint density at radius 2 is 1.79 bits per heavy atom. The monoisotopic (exact) mass is 578 g/mol. The number of allylic oxidation sites excluding steroid dienone is 1. The topological polar surface area (TPSA) is 65.0 Å². The summed E-state index contributed by atoms with van der Waals surface area (Å²) in [6.45, 7) is 4.72. The number of amidine groups is 1. The van der Waals surface area contributed by atoms with E-state index in [1.807, 2.05) is 19.9 Å². The quantitative estimate of drug-likeness (QED) is 0.392. The van der Waals surface area contributed by atoms with Crippen molar-refractivity contribution in [2.45, 2.75) is 58.0 Å². The molecule has 216 valence electrons. The van der Waals surface area contributed by atoms with Crippen LogP contribution in [0.1, 0.15) is 49.8 Å². The van der Waals surface area contributed by atoms with E-state index < -0.39 is 34.8 Å². The van der Waals surface area contributed by atoms with Crippen molar-refractivity contribution in [3.8, 4) is 0 Å². The molecule has 1 aromatic carbocycles. The Morgan fingerprint density at radius 1 is 1.15 bits per heavy atom. The van der Waals surface area contributed by atoms with E-state index in [0.29, 0.717) is 43.3 Å². The van der Waals surface area contributed by atoms with Crippen LogP contribution in [0.2, 0.25) is 0 Å². The summed E-state index contributed by atoms with van der Waals surface area (Å²) in [5.74, 6) is 0.208. The summed E-state index contributed by atoms with van der Waals surface area (Å²) in [4.78, 5) is 33.0. The molecule has 2 heterocycles. The Balaban J connectivity index is 1.65. The molecule has 0 unspecified atom stereocenters. The number of alkyl halides is 6. The predicted molar refractivity (Wildman–Crippen MR) is 138 cm³/mol. The first-order valence-corrected chi connectivity index (χ1v) is 13.4. The van der Waals surface area contributed by atoms with Gasteiger partial charge in [0, 0.05) is 6.54 Å². The van der Waals surface area contributed by atoms with Crippen molar-refractivity contribution in [1.29, 1.82) is 0 Å². The summed E-state index contributed by atoms with van der Waals surface area (Å²) in [5, 5.41) is 2.33. The van der Waals surface area contributed by atoms with Gasteiger partial charge in [-0.05, 0) is 87.7 Å². The Kier molecular flexibility index (Phi) is 9.92. The lowest BCUT2D eigenvalue weighted by molar-refractivity contribution is -0.143. The zero-order chi connectivity index (χ0) is 29.1. The van der Waals surface area contributed by atoms with Gasteiger partial charge >= 0.3 is 17.6 Å². The number of likely N-dealkylation sites (tertiary alicyclic amines) is 1. The summed E-state index contributed by atoms with van der Waals surface area (Å²) >= 11 is 0.914. The maximum atomic E-state index is 13.5. The highest BCUT2D eigenvalue weighted by Gasteiger charge is 2.38. The van der Waals surface area contributed by atoms with Crippen molar-refractivity contribution >= 4 is 28.7 Å². The summed E-state index contributed by atoms with van der Waals surface area (Å²) in [5.41, 5.74) is -2.83. The first-order chi connectivity index (χ1) is 18.0. The lowest BCUT2D eigenvalue weighted by atomic mass is 9.95. The number of rotatable bonds is 7. The minimum atomic E-state index is -4.91. The van der Waals surface area contributed by atoms with E-state index in [1.54, 1.807) is 23.9 Å². The number of thioether (sulfide) groups is 1. The summed E-state index contributed by atoms with van der Waals surface area (Å²) in [7, 11) is 3.60. The van der Waals surface area contributed by atoms with Crippen LogP contribution >= 0.6 is 11.8 Å². The van der Waals surface area contributed by atoms with Crippen molar-refractivity contribution < 1.29 is 35.9 Å². The molecule has 6 nitrogen and oxygen atoms in total. The first-order valence-electron chi connectivity index (χ1n) is 12.5. The molecule has 3 rings (SSSR count). The second kappa shape index (κ2) is 12.4. The maximum absolute atomic E-state index is 13.5. The molecule has 0 saturated carbocycles. The molecule has 13 heteroatoms. The van der Waals surface area contributed by atoms with Crippen molar-refractivity contribution in [1.82, 2.24) is 15.1 Å². The number of benzene rings is 1. The van der Waals surface area contributed by atoms with Crippen LogP contribution in [0.25, 0.3) is 0 Å². The number of carbonyl (C=O) groups excluding carboxylic acids is 2. The second-order valence-electron chi connectivity index (χ2n) is 10.4. The van der Waals surface area contributed by atoms with Crippen LogP contribution in [0.5, 0.6) is 0 Å². The van der Waals surface area contributed by atoms with E-state index in [4.69, 9.17) is 0 Å². The van der Waals surface area contributed by atoms with Crippen LogP contribution in [0.4, 0.5) is 31.1 Å². The standard InChI is InChI=1S/C26H32F6N4O2S/c1-15(2)11-20(35(3)4)23(37)33-22-21(39-24(38)34-22)12-16-7-9-36(10-8-16)14-17-5-6-18(25(27,28)29)13-19(17)26(30,31)32/h5-6,12-13,15-16,20H,7-11,14H2,1-4H3,(H,33,34,37,38)/b21-12-/t20-/m0/s1. The lowest BCUT2D eigenvalue weighted by Crippen LogP contribution is -2.46. The Bertz CT molecular complexity index is 1120. The lowest BCUT2D eigenvalue weighted by Gasteiger charge is -2.31. The fourth-order valence-corrected chi connectivity index (χ4v) is 5.38. The molecule has 2 amide bonds. The van der Waals surface area contributed by atoms with Crippen LogP contribution in [0.3, 0.4) is 0 Å². The average molecular weight is 579 g/mol. The van der Waals surface area contributed by atoms with Crippen LogP contribution in [-0.4, -0.2) is 60.0 Å². The van der Waals surface area contributed by atoms with Gasteiger partial charge in [-0.15, -0.1) is 0 Å². The third-order valence-corrected chi connectivity index (χ3v) is 7.47. The van der Waals surface area contributed by atoms with Crippen molar-refractivity contribution in [3.05, 3.63) is 45.9 Å². The van der Waals surface area contributed by atoms with E-state index in [1.165, 1.54) is 0 Å². The van der Waals surface area contributed by atoms with E-state index >= 15 is 0 Å². The molecule has 0 spiro atoms. The number of likely N-dealkylation sites (N-methyl/N-ethyl adjacent to an activating group) is 1. The normalized spacial score (nSPS) is 19.7. The Hall–Kier alpha value is -2.38. The Morgan fingerprint density at radius 3 is 2.33 bits per heavy atom. The van der Waals surface area contributed by atoms with E-state index in [-0.39, 0.29) is 41.8 Å². The minimum Gasteiger partial charge on any atom is -0.308 e. The molecule has 1 atom stereocenters. The summed E-state index contributed by atoms with van der Waals surface area (Å²) in [6.07, 6.45) is -6.16. The van der Waals surface area contributed by atoms with Crippen LogP contribution in [-0.2, 0) is 23.7 Å². The second-order valence-corrected chi connectivity index (χ2v) is 11.4. The Labute approximate surface area is 227 Å². The number of amides is 2. The number of nitrogens with zero attached hydrogens (tertiary/aromatic N) is 3. The number of halogens is 6. The first kappa shape index (κ1) is 31.2. The molecule has 1 aromatic rings. The van der Waals surface area contributed by atoms with Gasteiger partial charge in [0.05, 0.1) is 22.1 Å². The summed E-state index contributed by atoms with van der Waals surface area (Å²) in [6, 6.07) is 1.34. The van der Waals surface area contributed by atoms with Gasteiger partial charge in [0.15, 0.2) is 5.84 Å². The zero-order valence-corrected chi connectivity index (χ0v) is 22.9. The fourth-order valence-electron chi connectivity index (χ4n) is 4.60. The molecule has 2 aliphatic heterocycles. The van der Waals surface area contributed by atoms with Crippen LogP contribution in [0, 0.1) is 11.8 Å². The molecule has 0 aromatic heterocycles. The third kappa shape index (κ3) is 8.55. The van der Waals surface area contributed by atoms with Crippen LogP contribution in [0.15, 0.2) is 34.2 Å². The van der Waals surface area contributed by atoms with Crippen molar-refractivity contribution in [3.63, 3.8) is 0 Å². The third-order valence-electron chi connectivity index (χ3n) is 6.65. The molecular weight excluding hydrogens is 546 g/mol. The van der Waals surface area contributed by atoms with E-state index in [2.05, 4.69) is 10.3 Å². The van der Waals surface area contributed by atoms with Gasteiger partial charge in [-0.25, -0.2) is 0 Å². The molecular formula is C26H32F6N4O2S. The number of hydrogen-bond donors (Lipinski definition) is 1. The van der Waals surface area contributed by atoms with Gasteiger partial charge in [0.1, 0.15) is 0 Å². The smallest absolute Gasteiger partial charge is 0.308 e. The molecule has 1 N–H and O–H groups in total. The predicted octanol–water partition coefficient (Wildman–Crippen LogP) is 6.18. The van der Waals surface area contributed by atoms with Gasteiger partial charge in [-0.2, -0.15) is 31.3 Å². The summed E-state index contributed by atoms with van der Waals surface area (Å²) < 4.78 is 79.4. The molecule has 0 bridgehead atoms. The minimum absolute atomic E-state index is 0.00764. The van der Waals surface area contributed by atoms with E-state index in [9.17, 15) is 35.9 Å². The molecule has 0 radical (unpaired) electrons. The number of aliphatic imine (C=N–C) groups is 1. The van der Waals surface area contributed by atoms with Crippen molar-refractivity contribution in [2.75, 3.05) is 27.2 Å². The van der Waals surface area contributed by atoms with Crippen molar-refractivity contribution in [2.24, 2.45) is 16.8 Å². The van der Waals surface area contributed by atoms with Gasteiger partial charge in [-0.1, -0.05) is 26.0 Å². The van der Waals surface area contributed by atoms with Gasteiger partial charge < -0.3 is 5.32 Å². The van der Waals surface area contributed by atoms with Gasteiger partial charge in [0.25, 0.3) is 0 Å². The average Bonchev–Trinajstić information content (AvgIpc) is 3.15. The molecule has 1 fully saturated rings. The largest absolute Gasteiger partial charge is 0.416 e. The SMILES string of the molecule is CC(C)C[C@@H](C(=O)NC1=NC(=O)S/C1=C\C1CCN(Cc2ccc(C(F)(F)F)cc2C(F)(F)F)CC1)N(C)C. The highest BCUT2D eigenvalue weighted by molar-refractivity contribution is 8.18. The highest BCUT2D eigenvalue weighted by atomic mass is 32.2. The van der Waals surface area contributed by atoms with Crippen LogP contribution < -0.4 is 5.32 Å². The number of hydrogen-bond acceptors (Lipinski definition) is 5. The number of nitrogens with one attached hydrogen (secondary N) is 1. The molecule has 0 aliphatic carbocycles. The number of carbonyl (C=O) groups is 2. The van der Waals surface area contributed by atoms with E-state index in [0.717, 1.165) is 17.8 Å². The van der Waals surface area contributed by atoms with Gasteiger partial charge in [-0.3, -0.25) is 19.4 Å². The number of piperidine rings is 1.